The number of benzene rings is 1. The van der Waals surface area contributed by atoms with Gasteiger partial charge in [-0.2, -0.15) is 39.5 Å². The summed E-state index contributed by atoms with van der Waals surface area (Å²) < 4.78 is 122. The van der Waals surface area contributed by atoms with Crippen LogP contribution in [0.25, 0.3) is 0 Å². The van der Waals surface area contributed by atoms with Crippen LogP contribution in [0.5, 0.6) is 5.75 Å². The number of hydrogen-bond acceptors (Lipinski definition) is 8. The van der Waals surface area contributed by atoms with Gasteiger partial charge in [-0.25, -0.2) is 19.2 Å². The zero-order chi connectivity index (χ0) is 28.9. The van der Waals surface area contributed by atoms with Crippen molar-refractivity contribution in [2.75, 3.05) is 13.7 Å². The second kappa shape index (κ2) is 14.5. The van der Waals surface area contributed by atoms with Gasteiger partial charge in [0.15, 0.2) is 6.61 Å². The molecule has 1 rings (SSSR count). The molecule has 8 nitrogen and oxygen atoms in total. The number of halogens is 9. The smallest absolute Gasteiger partial charge is 0.434 e. The fourth-order valence-electron chi connectivity index (χ4n) is 1.65. The van der Waals surface area contributed by atoms with Gasteiger partial charge < -0.3 is 18.9 Å². The Balaban J connectivity index is 0.000000702. The lowest BCUT2D eigenvalue weighted by Gasteiger charge is -2.22. The zero-order valence-electron chi connectivity index (χ0n) is 18.1. The minimum absolute atomic E-state index is 0.0936. The molecular formula is C20H15F9O8. The highest BCUT2D eigenvalue weighted by Crippen LogP contribution is 2.35. The van der Waals surface area contributed by atoms with E-state index < -0.39 is 55.1 Å². The van der Waals surface area contributed by atoms with Crippen LogP contribution in [0.3, 0.4) is 0 Å². The van der Waals surface area contributed by atoms with E-state index in [1.807, 2.05) is 0 Å². The molecule has 0 saturated heterocycles. The summed E-state index contributed by atoms with van der Waals surface area (Å²) in [6.07, 6.45) is -18.8. The van der Waals surface area contributed by atoms with E-state index in [0.717, 1.165) is 7.11 Å². The first kappa shape index (κ1) is 33.0. The summed E-state index contributed by atoms with van der Waals surface area (Å²) in [5, 5.41) is 0. The lowest BCUT2D eigenvalue weighted by Crippen LogP contribution is -2.45. The van der Waals surface area contributed by atoms with Gasteiger partial charge in [-0.1, -0.05) is 18.2 Å². The maximum absolute atomic E-state index is 11.9. The van der Waals surface area contributed by atoms with E-state index in [9.17, 15) is 58.7 Å². The molecule has 0 aliphatic heterocycles. The Bertz CT molecular complexity index is 951. The van der Waals surface area contributed by atoms with Crippen LogP contribution in [0.1, 0.15) is 0 Å². The average Bonchev–Trinajstić information content (AvgIpc) is 2.77. The maximum Gasteiger partial charge on any atom is 0.434 e. The van der Waals surface area contributed by atoms with Crippen molar-refractivity contribution in [3.05, 3.63) is 54.6 Å². The van der Waals surface area contributed by atoms with Crippen molar-refractivity contribution in [3.63, 3.8) is 0 Å². The van der Waals surface area contributed by atoms with Crippen LogP contribution >= 0.6 is 0 Å². The fourth-order valence-corrected chi connectivity index (χ4v) is 1.65. The molecular weight excluding hydrogens is 539 g/mol. The van der Waals surface area contributed by atoms with Gasteiger partial charge in [-0.15, -0.1) is 0 Å². The highest BCUT2D eigenvalue weighted by Gasteiger charge is 2.59. The van der Waals surface area contributed by atoms with Crippen molar-refractivity contribution in [1.29, 1.82) is 0 Å². The van der Waals surface area contributed by atoms with E-state index >= 15 is 0 Å². The molecule has 0 saturated carbocycles. The lowest BCUT2D eigenvalue weighted by molar-refractivity contribution is -0.312. The van der Waals surface area contributed by atoms with Gasteiger partial charge >= 0.3 is 42.4 Å². The molecule has 0 atom stereocenters. The summed E-state index contributed by atoms with van der Waals surface area (Å²) in [5.74, 6) is -5.03. The van der Waals surface area contributed by atoms with E-state index in [1.54, 1.807) is 18.2 Å². The topological polar surface area (TPSA) is 105 Å². The first-order valence-corrected chi connectivity index (χ1v) is 9.13. The number of esters is 4. The molecule has 37 heavy (non-hydrogen) atoms. The molecule has 0 amide bonds. The first-order chi connectivity index (χ1) is 16.8. The van der Waals surface area contributed by atoms with Gasteiger partial charge in [0.1, 0.15) is 5.75 Å². The van der Waals surface area contributed by atoms with Gasteiger partial charge in [0, 0.05) is 24.3 Å². The van der Waals surface area contributed by atoms with E-state index in [2.05, 4.69) is 14.2 Å². The number of rotatable bonds is 7. The molecule has 17 heteroatoms. The van der Waals surface area contributed by atoms with Crippen molar-refractivity contribution >= 4 is 23.9 Å². The highest BCUT2D eigenvalue weighted by molar-refractivity contribution is 5.92. The molecule has 0 fully saturated rings. The second-order valence-electron chi connectivity index (χ2n) is 6.05. The summed E-state index contributed by atoms with van der Waals surface area (Å²) in [6, 6.07) is 7.98. The molecule has 1 aromatic rings. The Hall–Kier alpha value is -4.05. The van der Waals surface area contributed by atoms with Gasteiger partial charge in [0.2, 0.25) is 0 Å². The van der Waals surface area contributed by atoms with Crippen LogP contribution in [0.2, 0.25) is 0 Å². The molecule has 0 bridgehead atoms. The van der Waals surface area contributed by atoms with Crippen LogP contribution in [-0.4, -0.2) is 62.2 Å². The van der Waals surface area contributed by atoms with Gasteiger partial charge in [-0.3, -0.25) is 0 Å². The molecule has 0 N–H and O–H groups in total. The van der Waals surface area contributed by atoms with Crippen LogP contribution in [0.15, 0.2) is 54.6 Å². The number of methoxy groups -OCH3 is 1. The summed E-state index contributed by atoms with van der Waals surface area (Å²) in [7, 11) is 0.895. The Morgan fingerprint density at radius 2 is 1.19 bits per heavy atom. The summed E-state index contributed by atoms with van der Waals surface area (Å²) in [5.41, 5.74) is 0. The van der Waals surface area contributed by atoms with Crippen molar-refractivity contribution in [2.45, 2.75) is 24.6 Å². The molecule has 1 aromatic carbocycles. The number of alkyl halides is 9. The monoisotopic (exact) mass is 554 g/mol. The van der Waals surface area contributed by atoms with E-state index in [0.29, 0.717) is 18.2 Å². The molecule has 0 spiro atoms. The summed E-state index contributed by atoms with van der Waals surface area (Å²) in [6.45, 7) is -1.70. The van der Waals surface area contributed by atoms with Gasteiger partial charge in [0.25, 0.3) is 6.10 Å². The Morgan fingerprint density at radius 1 is 0.730 bits per heavy atom. The van der Waals surface area contributed by atoms with Crippen molar-refractivity contribution < 1.29 is 77.6 Å². The van der Waals surface area contributed by atoms with Crippen LogP contribution in [-0.2, 0) is 33.4 Å². The maximum atomic E-state index is 11.9. The third-order valence-corrected chi connectivity index (χ3v) is 3.08. The van der Waals surface area contributed by atoms with E-state index in [4.69, 9.17) is 4.74 Å². The quantitative estimate of drug-likeness (QED) is 0.164. The number of carbonyl (C=O) groups is 4. The molecule has 0 heterocycles. The Labute approximate surface area is 201 Å². The number of ether oxygens (including phenoxy) is 4. The number of hydrogen-bond donors (Lipinski definition) is 0. The van der Waals surface area contributed by atoms with Gasteiger partial charge in [0.05, 0.1) is 7.11 Å². The summed E-state index contributed by atoms with van der Waals surface area (Å²) in [4.78, 5) is 43.1. The normalized spacial score (nSPS) is 12.1. The predicted octanol–water partition coefficient (Wildman–Crippen LogP) is 4.01. The number of carbonyl (C=O) groups excluding carboxylic acids is 4. The van der Waals surface area contributed by atoms with Crippen LogP contribution in [0.4, 0.5) is 39.5 Å². The lowest BCUT2D eigenvalue weighted by atomic mass is 10.3. The molecule has 0 aliphatic carbocycles. The van der Waals surface area contributed by atoms with Crippen molar-refractivity contribution in [2.24, 2.45) is 0 Å². The highest BCUT2D eigenvalue weighted by atomic mass is 19.4. The SMILES string of the molecule is COC(=O)C=CC(=O)OC(C(F)(F)F)C(F)(F)F.O=C(C=CC(=O)Oc1ccccc1)OCC(F)(F)F. The first-order valence-electron chi connectivity index (χ1n) is 9.13. The molecule has 0 unspecified atom stereocenters. The molecule has 0 aromatic heterocycles. The fraction of sp³-hybridized carbons (Fsp3) is 0.300. The molecule has 206 valence electrons. The second-order valence-corrected chi connectivity index (χ2v) is 6.05. The Morgan fingerprint density at radius 3 is 1.65 bits per heavy atom. The minimum atomic E-state index is -5.80. The Kier molecular flexibility index (Phi) is 12.9. The van der Waals surface area contributed by atoms with E-state index in [1.165, 1.54) is 12.1 Å². The van der Waals surface area contributed by atoms with Crippen molar-refractivity contribution in [1.82, 2.24) is 0 Å². The standard InChI is InChI=1S/C12H9F3O4.C8H6F6O4/c13-12(14,15)8-18-10(16)6-7-11(17)19-9-4-2-1-3-5-9;1-17-4(15)2-3-5(16)18-6(7(9,10)11)8(12,13)14/h1-7H,8H2;2-3,6H,1H3. The van der Waals surface area contributed by atoms with Crippen LogP contribution in [0, 0.1) is 0 Å². The predicted molar refractivity (Wildman–Crippen MR) is 101 cm³/mol. The summed E-state index contributed by atoms with van der Waals surface area (Å²) >= 11 is 0. The minimum Gasteiger partial charge on any atom is -0.466 e. The average molecular weight is 554 g/mol. The third kappa shape index (κ3) is 16.3. The third-order valence-electron chi connectivity index (χ3n) is 3.08. The van der Waals surface area contributed by atoms with Crippen LogP contribution < -0.4 is 4.74 Å². The van der Waals surface area contributed by atoms with Crippen molar-refractivity contribution in [3.8, 4) is 5.75 Å². The van der Waals surface area contributed by atoms with E-state index in [-0.39, 0.29) is 11.8 Å². The van der Waals surface area contributed by atoms with Gasteiger partial charge in [-0.05, 0) is 12.1 Å². The molecule has 0 aliphatic rings. The zero-order valence-corrected chi connectivity index (χ0v) is 18.1. The largest absolute Gasteiger partial charge is 0.466 e. The number of para-hydroxylation sites is 1. The molecule has 0 radical (unpaired) electrons.